The molecule has 0 spiro atoms. The van der Waals surface area contributed by atoms with Crippen LogP contribution in [0.15, 0.2) is 60.7 Å². The zero-order valence-corrected chi connectivity index (χ0v) is 16.4. The van der Waals surface area contributed by atoms with Gasteiger partial charge in [0.1, 0.15) is 5.00 Å². The van der Waals surface area contributed by atoms with Gasteiger partial charge >= 0.3 is 0 Å². The number of carbonyl (C=O) groups is 1. The first-order valence-corrected chi connectivity index (χ1v) is 9.64. The molecule has 0 radical (unpaired) electrons. The van der Waals surface area contributed by atoms with Gasteiger partial charge in [-0.1, -0.05) is 72.3 Å². The standard InChI is InChI=1S/C21H26ClN3O2/c1-18(26)23-27-17-16-24-12-14-25(15-13-24)21(22,19-8-4-2-5-9-19)20-10-6-3-7-11-20/h2-11H,12-17H2,1H3,(H,23,26). The van der Waals surface area contributed by atoms with Gasteiger partial charge in [-0.15, -0.1) is 0 Å². The number of hydroxylamine groups is 1. The Morgan fingerprint density at radius 1 is 1.00 bits per heavy atom. The maximum absolute atomic E-state index is 10.8. The van der Waals surface area contributed by atoms with Gasteiger partial charge in [0.2, 0.25) is 5.91 Å². The summed E-state index contributed by atoms with van der Waals surface area (Å²) in [5.74, 6) is -0.183. The fourth-order valence-electron chi connectivity index (χ4n) is 3.46. The van der Waals surface area contributed by atoms with Gasteiger partial charge in [-0.05, 0) is 11.1 Å². The van der Waals surface area contributed by atoms with Crippen molar-refractivity contribution in [3.8, 4) is 0 Å². The number of piperazine rings is 1. The van der Waals surface area contributed by atoms with Crippen molar-refractivity contribution in [3.63, 3.8) is 0 Å². The van der Waals surface area contributed by atoms with Crippen molar-refractivity contribution in [1.82, 2.24) is 15.3 Å². The molecule has 2 aromatic rings. The summed E-state index contributed by atoms with van der Waals surface area (Å²) in [6.07, 6.45) is 0. The molecule has 1 amide bonds. The molecule has 6 heteroatoms. The lowest BCUT2D eigenvalue weighted by Crippen LogP contribution is -2.54. The Morgan fingerprint density at radius 2 is 1.52 bits per heavy atom. The van der Waals surface area contributed by atoms with E-state index in [9.17, 15) is 4.79 Å². The molecule has 1 aliphatic heterocycles. The largest absolute Gasteiger partial charge is 0.298 e. The summed E-state index contributed by atoms with van der Waals surface area (Å²) < 4.78 is 0. The lowest BCUT2D eigenvalue weighted by molar-refractivity contribution is -0.131. The molecular formula is C21H26ClN3O2. The number of nitrogens with zero attached hydrogens (tertiary/aromatic N) is 2. The molecule has 5 nitrogen and oxygen atoms in total. The van der Waals surface area contributed by atoms with Crippen LogP contribution in [0.1, 0.15) is 18.1 Å². The average molecular weight is 388 g/mol. The summed E-state index contributed by atoms with van der Waals surface area (Å²) in [5.41, 5.74) is 4.53. The molecule has 1 fully saturated rings. The predicted molar refractivity (Wildman–Crippen MR) is 107 cm³/mol. The molecule has 0 aliphatic carbocycles. The van der Waals surface area contributed by atoms with Gasteiger partial charge in [0.25, 0.3) is 0 Å². The third-order valence-corrected chi connectivity index (χ3v) is 5.52. The fraction of sp³-hybridized carbons (Fsp3) is 0.381. The maximum atomic E-state index is 10.8. The third kappa shape index (κ3) is 4.87. The van der Waals surface area contributed by atoms with Crippen molar-refractivity contribution < 1.29 is 9.63 Å². The SMILES string of the molecule is CC(=O)NOCCN1CCN(C(Cl)(c2ccccc2)c2ccccc2)CC1. The monoisotopic (exact) mass is 387 g/mol. The van der Waals surface area contributed by atoms with Gasteiger partial charge in [-0.3, -0.25) is 19.4 Å². The van der Waals surface area contributed by atoms with Crippen LogP contribution < -0.4 is 5.48 Å². The quantitative estimate of drug-likeness (QED) is 0.343. The maximum Gasteiger partial charge on any atom is 0.240 e. The van der Waals surface area contributed by atoms with E-state index in [1.165, 1.54) is 6.92 Å². The summed E-state index contributed by atoms with van der Waals surface area (Å²) in [6.45, 7) is 6.20. The van der Waals surface area contributed by atoms with Crippen LogP contribution >= 0.6 is 11.6 Å². The van der Waals surface area contributed by atoms with E-state index in [-0.39, 0.29) is 5.91 Å². The first-order chi connectivity index (χ1) is 13.1. The predicted octanol–water partition coefficient (Wildman–Crippen LogP) is 2.81. The number of halogens is 1. The highest BCUT2D eigenvalue weighted by Crippen LogP contribution is 2.40. The highest BCUT2D eigenvalue weighted by Gasteiger charge is 2.39. The summed E-state index contributed by atoms with van der Waals surface area (Å²) in [6, 6.07) is 20.5. The van der Waals surface area contributed by atoms with Gasteiger partial charge in [0.05, 0.1) is 6.61 Å². The molecule has 1 N–H and O–H groups in total. The molecule has 2 aromatic carbocycles. The molecule has 3 rings (SSSR count). The van der Waals surface area contributed by atoms with Crippen molar-refractivity contribution in [2.24, 2.45) is 0 Å². The summed E-state index contributed by atoms with van der Waals surface area (Å²) in [4.78, 5) is 20.0. The summed E-state index contributed by atoms with van der Waals surface area (Å²) in [7, 11) is 0. The van der Waals surface area contributed by atoms with Crippen LogP contribution in [0.5, 0.6) is 0 Å². The first-order valence-electron chi connectivity index (χ1n) is 9.26. The van der Waals surface area contributed by atoms with E-state index < -0.39 is 5.00 Å². The number of amides is 1. The Labute approximate surface area is 165 Å². The van der Waals surface area contributed by atoms with Crippen LogP contribution in [0.2, 0.25) is 0 Å². The van der Waals surface area contributed by atoms with Gasteiger partial charge in [0.15, 0.2) is 0 Å². The van der Waals surface area contributed by atoms with Gasteiger partial charge in [0, 0.05) is 39.6 Å². The van der Waals surface area contributed by atoms with E-state index in [1.54, 1.807) is 0 Å². The molecule has 27 heavy (non-hydrogen) atoms. The second-order valence-corrected chi connectivity index (χ2v) is 7.24. The van der Waals surface area contributed by atoms with Crippen molar-refractivity contribution in [3.05, 3.63) is 71.8 Å². The minimum atomic E-state index is -0.679. The van der Waals surface area contributed by atoms with Gasteiger partial charge in [-0.2, -0.15) is 0 Å². The number of carbonyl (C=O) groups excluding carboxylic acids is 1. The summed E-state index contributed by atoms with van der Waals surface area (Å²) >= 11 is 7.31. The Bertz CT molecular complexity index is 679. The lowest BCUT2D eigenvalue weighted by Gasteiger charge is -2.44. The molecule has 1 saturated heterocycles. The van der Waals surface area contributed by atoms with E-state index in [1.807, 2.05) is 36.4 Å². The number of benzene rings is 2. The lowest BCUT2D eigenvalue weighted by atomic mass is 9.95. The highest BCUT2D eigenvalue weighted by molar-refractivity contribution is 6.25. The number of hydrogen-bond donors (Lipinski definition) is 1. The third-order valence-electron chi connectivity index (χ3n) is 4.85. The van der Waals surface area contributed by atoms with Gasteiger partial charge in [-0.25, -0.2) is 5.48 Å². The Morgan fingerprint density at radius 3 is 2.00 bits per heavy atom. The Kier molecular flexibility index (Phi) is 6.85. The first kappa shape index (κ1) is 19.8. The topological polar surface area (TPSA) is 44.8 Å². The van der Waals surface area contributed by atoms with Crippen LogP contribution in [0, 0.1) is 0 Å². The molecule has 0 aromatic heterocycles. The molecule has 144 valence electrons. The highest BCUT2D eigenvalue weighted by atomic mass is 35.5. The molecule has 1 heterocycles. The second kappa shape index (κ2) is 9.33. The molecule has 0 bridgehead atoms. The van der Waals surface area contributed by atoms with Crippen molar-refractivity contribution in [2.45, 2.75) is 11.9 Å². The van der Waals surface area contributed by atoms with Crippen LogP contribution in [0.4, 0.5) is 0 Å². The van der Waals surface area contributed by atoms with Crippen molar-refractivity contribution in [1.29, 1.82) is 0 Å². The van der Waals surface area contributed by atoms with E-state index >= 15 is 0 Å². The molecule has 1 aliphatic rings. The van der Waals surface area contributed by atoms with Crippen LogP contribution in [-0.4, -0.2) is 55.0 Å². The molecule has 0 atom stereocenters. The van der Waals surface area contributed by atoms with E-state index in [4.69, 9.17) is 16.4 Å². The Hall–Kier alpha value is -1.92. The Balaban J connectivity index is 1.68. The molecule has 0 saturated carbocycles. The molecule has 0 unspecified atom stereocenters. The van der Waals surface area contributed by atoms with Crippen LogP contribution in [0.3, 0.4) is 0 Å². The number of hydrogen-bond acceptors (Lipinski definition) is 4. The number of alkyl halides is 1. The molecular weight excluding hydrogens is 362 g/mol. The van der Waals surface area contributed by atoms with Gasteiger partial charge < -0.3 is 0 Å². The second-order valence-electron chi connectivity index (χ2n) is 6.69. The average Bonchev–Trinajstić information content (AvgIpc) is 2.72. The minimum Gasteiger partial charge on any atom is -0.298 e. The zero-order valence-electron chi connectivity index (χ0n) is 15.6. The normalized spacial score (nSPS) is 16.2. The van der Waals surface area contributed by atoms with E-state index in [0.29, 0.717) is 6.61 Å². The number of rotatable bonds is 7. The smallest absolute Gasteiger partial charge is 0.240 e. The fourth-order valence-corrected chi connectivity index (χ4v) is 3.88. The van der Waals surface area contributed by atoms with E-state index in [2.05, 4.69) is 39.5 Å². The van der Waals surface area contributed by atoms with Crippen molar-refractivity contribution in [2.75, 3.05) is 39.3 Å². The van der Waals surface area contributed by atoms with E-state index in [0.717, 1.165) is 43.9 Å². The summed E-state index contributed by atoms with van der Waals surface area (Å²) in [5, 5.41) is 0. The van der Waals surface area contributed by atoms with Crippen molar-refractivity contribution >= 4 is 17.5 Å². The number of nitrogens with one attached hydrogen (secondary N) is 1. The van der Waals surface area contributed by atoms with Crippen LogP contribution in [-0.2, 0) is 14.6 Å². The zero-order chi connectivity index (χ0) is 19.1. The van der Waals surface area contributed by atoms with Crippen LogP contribution in [0.25, 0.3) is 0 Å². The minimum absolute atomic E-state index is 0.183.